The van der Waals surface area contributed by atoms with Gasteiger partial charge in [0.05, 0.1) is 12.8 Å². The Morgan fingerprint density at radius 1 is 1.22 bits per heavy atom. The van der Waals surface area contributed by atoms with E-state index in [1.165, 1.54) is 7.11 Å². The van der Waals surface area contributed by atoms with E-state index in [2.05, 4.69) is 20.2 Å². The molecule has 2 saturated heterocycles. The Hall–Kier alpha value is -2.58. The minimum atomic E-state index is -0.519. The zero-order chi connectivity index (χ0) is 18.8. The van der Waals surface area contributed by atoms with Crippen LogP contribution in [0.5, 0.6) is 5.88 Å². The summed E-state index contributed by atoms with van der Waals surface area (Å²) in [7, 11) is 1.52. The summed E-state index contributed by atoms with van der Waals surface area (Å²) in [5.74, 6) is 0.477. The molecule has 2 aliphatic heterocycles. The quantitative estimate of drug-likeness (QED) is 0.795. The van der Waals surface area contributed by atoms with E-state index in [-0.39, 0.29) is 5.88 Å². The number of ether oxygens (including phenoxy) is 1. The van der Waals surface area contributed by atoms with Crippen LogP contribution in [-0.4, -0.2) is 73.0 Å². The largest absolute Gasteiger partial charge is 0.479 e. The number of aromatic nitrogens is 2. The maximum atomic E-state index is 12.2. The summed E-state index contributed by atoms with van der Waals surface area (Å²) in [5, 5.41) is 7.93. The maximum Gasteiger partial charge on any atom is 0.258 e. The highest BCUT2D eigenvalue weighted by Crippen LogP contribution is 2.34. The molecule has 0 aliphatic carbocycles. The monoisotopic (exact) mass is 370 g/mol. The molecule has 4 rings (SSSR count). The lowest BCUT2D eigenvalue weighted by molar-refractivity contribution is 0.0998. The Balaban J connectivity index is 1.70. The molecule has 2 aromatic rings. The van der Waals surface area contributed by atoms with Crippen LogP contribution in [0.3, 0.4) is 0 Å². The number of rotatable bonds is 5. The number of nitrogens with two attached hydrogens (primary N) is 1. The van der Waals surface area contributed by atoms with Crippen LogP contribution >= 0.6 is 0 Å². The third-order valence-corrected chi connectivity index (χ3v) is 5.40. The fourth-order valence-electron chi connectivity index (χ4n) is 4.07. The third kappa shape index (κ3) is 3.38. The minimum Gasteiger partial charge on any atom is -0.479 e. The summed E-state index contributed by atoms with van der Waals surface area (Å²) >= 11 is 0. The lowest BCUT2D eigenvalue weighted by Crippen LogP contribution is -2.49. The number of carbonyl (C=O) groups is 1. The highest BCUT2D eigenvalue weighted by molar-refractivity contribution is 6.00. The molecule has 2 aliphatic rings. The summed E-state index contributed by atoms with van der Waals surface area (Å²) in [4.78, 5) is 17.0. The molecule has 0 spiro atoms. The van der Waals surface area contributed by atoms with Crippen LogP contribution in [0.2, 0.25) is 0 Å². The van der Waals surface area contributed by atoms with Crippen molar-refractivity contribution in [3.8, 4) is 11.6 Å². The van der Waals surface area contributed by atoms with Crippen molar-refractivity contribution < 1.29 is 9.53 Å². The van der Waals surface area contributed by atoms with Crippen LogP contribution in [0.1, 0.15) is 16.8 Å². The molecule has 27 heavy (non-hydrogen) atoms. The van der Waals surface area contributed by atoms with Crippen molar-refractivity contribution in [3.63, 3.8) is 0 Å². The summed E-state index contributed by atoms with van der Waals surface area (Å²) in [5.41, 5.74) is 6.94. The zero-order valence-electron chi connectivity index (χ0n) is 15.6. The number of nitrogens with zero attached hydrogens (tertiary/aromatic N) is 4. The molecule has 3 heterocycles. The van der Waals surface area contributed by atoms with E-state index < -0.39 is 5.91 Å². The molecule has 1 atom stereocenters. The van der Waals surface area contributed by atoms with Gasteiger partial charge in [0.1, 0.15) is 11.4 Å². The molecule has 0 saturated carbocycles. The van der Waals surface area contributed by atoms with Gasteiger partial charge in [-0.15, -0.1) is 5.10 Å². The molecule has 8 nitrogen and oxygen atoms in total. The molecule has 1 aromatic carbocycles. The van der Waals surface area contributed by atoms with Crippen molar-refractivity contribution in [2.24, 2.45) is 5.73 Å². The van der Waals surface area contributed by atoms with Crippen molar-refractivity contribution >= 4 is 11.7 Å². The van der Waals surface area contributed by atoms with Gasteiger partial charge < -0.3 is 20.7 Å². The van der Waals surface area contributed by atoms with Gasteiger partial charge in [-0.05, 0) is 18.6 Å². The van der Waals surface area contributed by atoms with E-state index in [0.29, 0.717) is 11.6 Å². The summed E-state index contributed by atoms with van der Waals surface area (Å²) in [6.45, 7) is 5.88. The smallest absolute Gasteiger partial charge is 0.258 e. The van der Waals surface area contributed by atoms with Gasteiger partial charge in [-0.3, -0.25) is 9.69 Å². The Bertz CT molecular complexity index is 800. The number of methoxy groups -OCH3 is 1. The first-order chi connectivity index (χ1) is 13.2. The van der Waals surface area contributed by atoms with E-state index in [0.717, 1.165) is 57.2 Å². The van der Waals surface area contributed by atoms with E-state index in [1.807, 2.05) is 30.3 Å². The van der Waals surface area contributed by atoms with Gasteiger partial charge in [0.25, 0.3) is 5.91 Å². The predicted octanol–water partition coefficient (Wildman–Crippen LogP) is 0.464. The number of hydrogen-bond donors (Lipinski definition) is 2. The maximum absolute atomic E-state index is 12.2. The molecule has 1 aromatic heterocycles. The zero-order valence-corrected chi connectivity index (χ0v) is 15.6. The normalized spacial score (nSPS) is 20.8. The van der Waals surface area contributed by atoms with Crippen LogP contribution in [0.15, 0.2) is 30.3 Å². The molecule has 1 unspecified atom stereocenters. The SMILES string of the molecule is COc1nn(-c2ccccc2)c(N2CCC(N3CCNCC3)C2)c1C(N)=O. The number of benzene rings is 1. The van der Waals surface area contributed by atoms with Crippen molar-refractivity contribution in [2.45, 2.75) is 12.5 Å². The molecule has 144 valence electrons. The molecule has 1 amide bonds. The summed E-state index contributed by atoms with van der Waals surface area (Å²) in [6, 6.07) is 10.2. The van der Waals surface area contributed by atoms with E-state index in [1.54, 1.807) is 4.68 Å². The van der Waals surface area contributed by atoms with Crippen molar-refractivity contribution in [1.82, 2.24) is 20.0 Å². The van der Waals surface area contributed by atoms with Gasteiger partial charge >= 0.3 is 0 Å². The van der Waals surface area contributed by atoms with Crippen molar-refractivity contribution in [1.29, 1.82) is 0 Å². The highest BCUT2D eigenvalue weighted by atomic mass is 16.5. The van der Waals surface area contributed by atoms with E-state index in [4.69, 9.17) is 10.5 Å². The van der Waals surface area contributed by atoms with Crippen molar-refractivity contribution in [3.05, 3.63) is 35.9 Å². The number of para-hydroxylation sites is 1. The van der Waals surface area contributed by atoms with Crippen molar-refractivity contribution in [2.75, 3.05) is 51.3 Å². The molecule has 8 heteroatoms. The molecule has 2 fully saturated rings. The number of amides is 1. The van der Waals surface area contributed by atoms with Gasteiger partial charge in [-0.1, -0.05) is 18.2 Å². The fourth-order valence-corrected chi connectivity index (χ4v) is 4.07. The summed E-state index contributed by atoms with van der Waals surface area (Å²) < 4.78 is 7.15. The van der Waals surface area contributed by atoms with Gasteiger partial charge in [0, 0.05) is 45.3 Å². The van der Waals surface area contributed by atoms with Gasteiger partial charge in [0.15, 0.2) is 0 Å². The lowest BCUT2D eigenvalue weighted by atomic mass is 10.2. The standard InChI is InChI=1S/C19H26N6O2/c1-27-18-16(17(20)26)19(25(22-18)14-5-3-2-4-6-14)24-10-7-15(13-24)23-11-8-21-9-12-23/h2-6,15,21H,7-13H2,1H3,(H2,20,26). The predicted molar refractivity (Wildman–Crippen MR) is 104 cm³/mol. The molecular weight excluding hydrogens is 344 g/mol. The Morgan fingerprint density at radius 2 is 1.96 bits per heavy atom. The van der Waals surface area contributed by atoms with Crippen LogP contribution in [0.4, 0.5) is 5.82 Å². The Morgan fingerprint density at radius 3 is 2.63 bits per heavy atom. The van der Waals surface area contributed by atoms with Gasteiger partial charge in [-0.2, -0.15) is 0 Å². The average Bonchev–Trinajstić information content (AvgIpc) is 3.34. The summed E-state index contributed by atoms with van der Waals surface area (Å²) in [6.07, 6.45) is 1.06. The lowest BCUT2D eigenvalue weighted by Gasteiger charge is -2.32. The fraction of sp³-hybridized carbons (Fsp3) is 0.474. The van der Waals surface area contributed by atoms with Gasteiger partial charge in [-0.25, -0.2) is 4.68 Å². The Labute approximate surface area is 158 Å². The second kappa shape index (κ2) is 7.58. The first-order valence-corrected chi connectivity index (χ1v) is 9.41. The molecule has 0 bridgehead atoms. The van der Waals surface area contributed by atoms with Gasteiger partial charge in [0.2, 0.25) is 5.88 Å². The highest BCUT2D eigenvalue weighted by Gasteiger charge is 2.34. The molecule has 0 radical (unpaired) electrons. The minimum absolute atomic E-state index is 0.270. The van der Waals surface area contributed by atoms with E-state index in [9.17, 15) is 4.79 Å². The van der Waals surface area contributed by atoms with E-state index >= 15 is 0 Å². The second-order valence-electron chi connectivity index (χ2n) is 6.99. The van der Waals surface area contributed by atoms with Crippen LogP contribution in [0, 0.1) is 0 Å². The number of nitrogens with one attached hydrogen (secondary N) is 1. The van der Waals surface area contributed by atoms with Crippen LogP contribution < -0.4 is 20.7 Å². The number of hydrogen-bond acceptors (Lipinski definition) is 6. The number of piperazine rings is 1. The number of primary amides is 1. The molecule has 3 N–H and O–H groups in total. The second-order valence-corrected chi connectivity index (χ2v) is 6.99. The van der Waals surface area contributed by atoms with Crippen LogP contribution in [0.25, 0.3) is 5.69 Å². The third-order valence-electron chi connectivity index (χ3n) is 5.40. The van der Waals surface area contributed by atoms with Crippen LogP contribution in [-0.2, 0) is 0 Å². The number of carbonyl (C=O) groups excluding carboxylic acids is 1. The Kier molecular flexibility index (Phi) is 5.00. The first-order valence-electron chi connectivity index (χ1n) is 9.41. The molecular formula is C19H26N6O2. The number of anilines is 1. The topological polar surface area (TPSA) is 88.7 Å². The average molecular weight is 370 g/mol. The first kappa shape index (κ1) is 17.8.